The zero-order chi connectivity index (χ0) is 13.7. The van der Waals surface area contributed by atoms with Crippen LogP contribution in [0.1, 0.15) is 43.5 Å². The maximum absolute atomic E-state index is 11.8. The van der Waals surface area contributed by atoms with Gasteiger partial charge in [-0.2, -0.15) is 0 Å². The van der Waals surface area contributed by atoms with E-state index in [2.05, 4.69) is 50.5 Å². The third kappa shape index (κ3) is 4.78. The summed E-state index contributed by atoms with van der Waals surface area (Å²) in [6.07, 6.45) is 0. The number of hydrogen-bond acceptors (Lipinski definition) is 3. The van der Waals surface area contributed by atoms with Gasteiger partial charge in [0, 0.05) is 22.3 Å². The summed E-state index contributed by atoms with van der Waals surface area (Å²) in [6.45, 7) is 11.0. The van der Waals surface area contributed by atoms with Gasteiger partial charge < -0.3 is 5.32 Å². The second-order valence-corrected chi connectivity index (χ2v) is 6.52. The van der Waals surface area contributed by atoms with Crippen molar-refractivity contribution in [2.45, 2.75) is 46.7 Å². The Balaban J connectivity index is 2.43. The van der Waals surface area contributed by atoms with E-state index in [1.165, 1.54) is 9.75 Å². The van der Waals surface area contributed by atoms with Gasteiger partial charge in [-0.25, -0.2) is 0 Å². The smallest absolute Gasteiger partial charge is 0.236 e. The zero-order valence-electron chi connectivity index (χ0n) is 11.9. The maximum atomic E-state index is 11.8. The molecule has 2 unspecified atom stereocenters. The van der Waals surface area contributed by atoms with Crippen LogP contribution in [0.15, 0.2) is 12.1 Å². The Labute approximate surface area is 114 Å². The van der Waals surface area contributed by atoms with Crippen molar-refractivity contribution < 1.29 is 4.79 Å². The van der Waals surface area contributed by atoms with Crippen LogP contribution in [0, 0.1) is 12.8 Å². The quantitative estimate of drug-likeness (QED) is 0.833. The highest BCUT2D eigenvalue weighted by molar-refractivity contribution is 7.12. The lowest BCUT2D eigenvalue weighted by Crippen LogP contribution is -2.44. The minimum absolute atomic E-state index is 0.0730. The summed E-state index contributed by atoms with van der Waals surface area (Å²) in [5.41, 5.74) is 0. The summed E-state index contributed by atoms with van der Waals surface area (Å²) in [4.78, 5) is 14.4. The van der Waals surface area contributed by atoms with Gasteiger partial charge in [0.2, 0.25) is 5.91 Å². The second kappa shape index (κ2) is 6.90. The number of carbonyl (C=O) groups excluding carboxylic acids is 1. The van der Waals surface area contributed by atoms with Gasteiger partial charge >= 0.3 is 0 Å². The molecule has 0 saturated carbocycles. The molecular formula is C14H24N2OS. The van der Waals surface area contributed by atoms with Gasteiger partial charge in [0.05, 0.1) is 6.04 Å². The molecule has 102 valence electrons. The molecule has 0 aliphatic heterocycles. The Hall–Kier alpha value is -0.870. The van der Waals surface area contributed by atoms with Crippen LogP contribution in [0.3, 0.4) is 0 Å². The summed E-state index contributed by atoms with van der Waals surface area (Å²) < 4.78 is 0. The molecule has 2 N–H and O–H groups in total. The molecule has 0 aromatic carbocycles. The van der Waals surface area contributed by atoms with E-state index in [1.54, 1.807) is 11.3 Å². The summed E-state index contributed by atoms with van der Waals surface area (Å²) in [5, 5.41) is 6.28. The molecule has 0 saturated heterocycles. The van der Waals surface area contributed by atoms with Crippen LogP contribution >= 0.6 is 11.3 Å². The molecule has 0 radical (unpaired) electrons. The normalized spacial score (nSPS) is 14.6. The van der Waals surface area contributed by atoms with Crippen LogP contribution in [-0.2, 0) is 4.79 Å². The molecule has 1 aromatic rings. The first-order valence-corrected chi connectivity index (χ1v) is 7.32. The second-order valence-electron chi connectivity index (χ2n) is 5.20. The van der Waals surface area contributed by atoms with E-state index in [1.807, 2.05) is 6.92 Å². The topological polar surface area (TPSA) is 41.1 Å². The lowest BCUT2D eigenvalue weighted by Gasteiger charge is -2.19. The molecule has 4 heteroatoms. The number of thiophene rings is 1. The molecule has 0 aliphatic carbocycles. The highest BCUT2D eigenvalue weighted by Gasteiger charge is 2.16. The lowest BCUT2D eigenvalue weighted by molar-refractivity contribution is -0.123. The van der Waals surface area contributed by atoms with Crippen molar-refractivity contribution >= 4 is 17.2 Å². The van der Waals surface area contributed by atoms with Crippen LogP contribution in [0.2, 0.25) is 0 Å². The SMILES string of the molecule is Cc1ccc(C(C)NC(C)C(=O)NCC(C)C)s1. The summed E-state index contributed by atoms with van der Waals surface area (Å²) >= 11 is 1.77. The number of aryl methyl sites for hydroxylation is 1. The standard InChI is InChI=1S/C14H24N2OS/c1-9(2)8-15-14(17)12(5)16-11(4)13-7-6-10(3)18-13/h6-7,9,11-12,16H,8H2,1-5H3,(H,15,17). The van der Waals surface area contributed by atoms with Gasteiger partial charge in [0.25, 0.3) is 0 Å². The third-order valence-electron chi connectivity index (χ3n) is 2.77. The van der Waals surface area contributed by atoms with Crippen LogP contribution in [0.4, 0.5) is 0 Å². The molecule has 0 fully saturated rings. The molecule has 18 heavy (non-hydrogen) atoms. The van der Waals surface area contributed by atoms with Crippen molar-refractivity contribution in [1.82, 2.24) is 10.6 Å². The predicted molar refractivity (Wildman–Crippen MR) is 77.9 cm³/mol. The average Bonchev–Trinajstić information content (AvgIpc) is 2.72. The highest BCUT2D eigenvalue weighted by atomic mass is 32.1. The van der Waals surface area contributed by atoms with E-state index >= 15 is 0 Å². The van der Waals surface area contributed by atoms with Crippen LogP contribution in [-0.4, -0.2) is 18.5 Å². The van der Waals surface area contributed by atoms with Crippen molar-refractivity contribution in [1.29, 1.82) is 0 Å². The van der Waals surface area contributed by atoms with E-state index in [4.69, 9.17) is 0 Å². The Morgan fingerprint density at radius 1 is 1.28 bits per heavy atom. The van der Waals surface area contributed by atoms with Crippen LogP contribution in [0.25, 0.3) is 0 Å². The number of hydrogen-bond donors (Lipinski definition) is 2. The third-order valence-corrected chi connectivity index (χ3v) is 3.95. The van der Waals surface area contributed by atoms with Gasteiger partial charge in [-0.05, 0) is 38.8 Å². The van der Waals surface area contributed by atoms with E-state index in [0.717, 1.165) is 6.54 Å². The molecule has 0 spiro atoms. The van der Waals surface area contributed by atoms with Gasteiger partial charge in [0.15, 0.2) is 0 Å². The van der Waals surface area contributed by atoms with Crippen molar-refractivity contribution in [2.75, 3.05) is 6.54 Å². The first-order valence-electron chi connectivity index (χ1n) is 6.50. The number of rotatable bonds is 6. The monoisotopic (exact) mass is 268 g/mol. The van der Waals surface area contributed by atoms with E-state index in [9.17, 15) is 4.79 Å². The molecule has 1 amide bonds. The Kier molecular flexibility index (Phi) is 5.82. The molecule has 0 aliphatic rings. The Bertz CT molecular complexity index is 387. The van der Waals surface area contributed by atoms with Gasteiger partial charge in [-0.1, -0.05) is 13.8 Å². The van der Waals surface area contributed by atoms with Gasteiger partial charge in [-0.15, -0.1) is 11.3 Å². The maximum Gasteiger partial charge on any atom is 0.236 e. The van der Waals surface area contributed by atoms with Crippen molar-refractivity contribution in [3.8, 4) is 0 Å². The molecule has 3 nitrogen and oxygen atoms in total. The van der Waals surface area contributed by atoms with Crippen molar-refractivity contribution in [3.05, 3.63) is 21.9 Å². The minimum Gasteiger partial charge on any atom is -0.354 e. The number of nitrogens with one attached hydrogen (secondary N) is 2. The molecule has 1 rings (SSSR count). The minimum atomic E-state index is -0.166. The fraction of sp³-hybridized carbons (Fsp3) is 0.643. The summed E-state index contributed by atoms with van der Waals surface area (Å²) in [5.74, 6) is 0.558. The molecule has 1 heterocycles. The molecule has 0 bridgehead atoms. The molecule has 2 atom stereocenters. The van der Waals surface area contributed by atoms with E-state index in [-0.39, 0.29) is 18.0 Å². The fourth-order valence-corrected chi connectivity index (χ4v) is 2.57. The van der Waals surface area contributed by atoms with Crippen LogP contribution in [0.5, 0.6) is 0 Å². The molecule has 1 aromatic heterocycles. The lowest BCUT2D eigenvalue weighted by atomic mass is 10.2. The number of amides is 1. The van der Waals surface area contributed by atoms with Crippen LogP contribution < -0.4 is 10.6 Å². The Morgan fingerprint density at radius 3 is 2.44 bits per heavy atom. The van der Waals surface area contributed by atoms with Gasteiger partial charge in [-0.3, -0.25) is 10.1 Å². The predicted octanol–water partition coefficient (Wildman–Crippen LogP) is 2.87. The molecular weight excluding hydrogens is 244 g/mol. The van der Waals surface area contributed by atoms with E-state index in [0.29, 0.717) is 5.92 Å². The first kappa shape index (κ1) is 15.2. The van der Waals surface area contributed by atoms with Crippen molar-refractivity contribution in [2.24, 2.45) is 5.92 Å². The van der Waals surface area contributed by atoms with Crippen molar-refractivity contribution in [3.63, 3.8) is 0 Å². The van der Waals surface area contributed by atoms with E-state index < -0.39 is 0 Å². The highest BCUT2D eigenvalue weighted by Crippen LogP contribution is 2.22. The fourth-order valence-electron chi connectivity index (χ4n) is 1.68. The summed E-state index contributed by atoms with van der Waals surface area (Å²) in [7, 11) is 0. The first-order chi connectivity index (χ1) is 8.40. The largest absolute Gasteiger partial charge is 0.354 e. The Morgan fingerprint density at radius 2 is 1.94 bits per heavy atom. The zero-order valence-corrected chi connectivity index (χ0v) is 12.7. The average molecular weight is 268 g/mol. The summed E-state index contributed by atoms with van der Waals surface area (Å²) in [6, 6.07) is 4.28. The van der Waals surface area contributed by atoms with Gasteiger partial charge in [0.1, 0.15) is 0 Å². The number of carbonyl (C=O) groups is 1.